The number of anilines is 1. The summed E-state index contributed by atoms with van der Waals surface area (Å²) < 4.78 is 12.4. The van der Waals surface area contributed by atoms with Crippen molar-refractivity contribution >= 4 is 23.3 Å². The first-order valence-corrected chi connectivity index (χ1v) is 13.6. The largest absolute Gasteiger partial charge is 0.485 e. The van der Waals surface area contributed by atoms with Gasteiger partial charge in [0.25, 0.3) is 0 Å². The van der Waals surface area contributed by atoms with Crippen molar-refractivity contribution in [3.05, 3.63) is 124 Å². The van der Waals surface area contributed by atoms with Crippen LogP contribution in [0.2, 0.25) is 5.02 Å². The molecule has 1 atom stereocenters. The van der Waals surface area contributed by atoms with E-state index < -0.39 is 11.8 Å². The maximum Gasteiger partial charge on any atom is 0.327 e. The molecule has 5 rings (SSSR count). The van der Waals surface area contributed by atoms with Gasteiger partial charge in [-0.05, 0) is 67.3 Å². The topological polar surface area (TPSA) is 62.2 Å². The Morgan fingerprint density at radius 1 is 0.800 bits per heavy atom. The number of aliphatic hydroxyl groups is 1. The summed E-state index contributed by atoms with van der Waals surface area (Å²) in [4.78, 5) is 16.7. The summed E-state index contributed by atoms with van der Waals surface area (Å²) in [5.74, 6) is 1.20. The van der Waals surface area contributed by atoms with E-state index in [1.807, 2.05) is 106 Å². The van der Waals surface area contributed by atoms with Gasteiger partial charge in [-0.25, -0.2) is 4.79 Å². The summed E-state index contributed by atoms with van der Waals surface area (Å²) in [6.45, 7) is 6.67. The third kappa shape index (κ3) is 5.79. The fourth-order valence-corrected chi connectivity index (χ4v) is 4.90. The molecule has 0 radical (unpaired) electrons. The van der Waals surface area contributed by atoms with E-state index in [-0.39, 0.29) is 12.6 Å². The second-order valence-electron chi connectivity index (χ2n) is 10.5. The third-order valence-corrected chi connectivity index (χ3v) is 7.67. The highest BCUT2D eigenvalue weighted by molar-refractivity contribution is 6.31. The lowest BCUT2D eigenvalue weighted by Crippen LogP contribution is -2.46. The van der Waals surface area contributed by atoms with Gasteiger partial charge >= 0.3 is 6.03 Å². The van der Waals surface area contributed by atoms with Gasteiger partial charge in [0.15, 0.2) is 17.7 Å². The van der Waals surface area contributed by atoms with Gasteiger partial charge in [0.2, 0.25) is 0 Å². The fourth-order valence-electron chi connectivity index (χ4n) is 4.73. The minimum absolute atomic E-state index is 0.277. The van der Waals surface area contributed by atoms with E-state index in [9.17, 15) is 9.90 Å². The lowest BCUT2D eigenvalue weighted by Gasteiger charge is -2.32. The van der Waals surface area contributed by atoms with E-state index in [0.29, 0.717) is 35.4 Å². The number of hydrogen-bond donors (Lipinski definition) is 1. The normalized spacial score (nSPS) is 16.3. The second-order valence-corrected chi connectivity index (χ2v) is 10.9. The summed E-state index contributed by atoms with van der Waals surface area (Å²) >= 11 is 6.34. The monoisotopic (exact) mass is 556 g/mol. The van der Waals surface area contributed by atoms with E-state index in [1.54, 1.807) is 17.0 Å². The zero-order valence-corrected chi connectivity index (χ0v) is 23.6. The molecule has 0 saturated carbocycles. The van der Waals surface area contributed by atoms with Crippen LogP contribution in [-0.4, -0.2) is 27.8 Å². The summed E-state index contributed by atoms with van der Waals surface area (Å²) in [6.07, 6.45) is -1.05. The van der Waals surface area contributed by atoms with Crippen LogP contribution in [0.3, 0.4) is 0 Å². The highest BCUT2D eigenvalue weighted by atomic mass is 35.5. The Morgan fingerprint density at radius 3 is 2.00 bits per heavy atom. The van der Waals surface area contributed by atoms with Crippen molar-refractivity contribution in [3.8, 4) is 11.5 Å². The maximum absolute atomic E-state index is 13.6. The third-order valence-electron chi connectivity index (χ3n) is 7.27. The van der Waals surface area contributed by atoms with Crippen LogP contribution in [0.5, 0.6) is 11.5 Å². The molecule has 1 N–H and O–H groups in total. The van der Waals surface area contributed by atoms with Crippen LogP contribution in [-0.2, 0) is 19.8 Å². The molecule has 0 aliphatic carbocycles. The Morgan fingerprint density at radius 2 is 1.40 bits per heavy atom. The van der Waals surface area contributed by atoms with Crippen LogP contribution in [0.1, 0.15) is 36.1 Å². The number of aliphatic hydroxyl groups excluding tert-OH is 1. The molecule has 1 fully saturated rings. The standard InChI is InChI=1S/C33H33ClN2O4/c1-23-14-16-27(19-28(23)34)36-31(37)33(2,3)35(32(36)38)20-26-15-17-29(39-21-24-10-6-4-7-11-24)30(18-26)40-22-25-12-8-5-9-13-25/h4-19,31,37H,20-22H2,1-3H3. The molecule has 1 aliphatic rings. The summed E-state index contributed by atoms with van der Waals surface area (Å²) in [5.41, 5.74) is 3.54. The minimum atomic E-state index is -1.05. The fraction of sp³-hybridized carbons (Fsp3) is 0.242. The van der Waals surface area contributed by atoms with Gasteiger partial charge < -0.3 is 19.5 Å². The van der Waals surface area contributed by atoms with Crippen molar-refractivity contribution < 1.29 is 19.4 Å². The van der Waals surface area contributed by atoms with Gasteiger partial charge in [-0.1, -0.05) is 84.4 Å². The predicted octanol–water partition coefficient (Wildman–Crippen LogP) is 7.35. The minimum Gasteiger partial charge on any atom is -0.485 e. The highest BCUT2D eigenvalue weighted by Crippen LogP contribution is 2.38. The van der Waals surface area contributed by atoms with Gasteiger partial charge in [-0.3, -0.25) is 4.90 Å². The zero-order valence-electron chi connectivity index (χ0n) is 22.9. The van der Waals surface area contributed by atoms with Gasteiger partial charge in [0.1, 0.15) is 13.2 Å². The Labute approximate surface area is 240 Å². The number of halogens is 1. The van der Waals surface area contributed by atoms with Crippen LogP contribution in [0.25, 0.3) is 0 Å². The molecular weight excluding hydrogens is 524 g/mol. The maximum atomic E-state index is 13.6. The molecule has 7 heteroatoms. The molecule has 206 valence electrons. The van der Waals surface area contributed by atoms with E-state index in [4.69, 9.17) is 21.1 Å². The molecular formula is C33H33ClN2O4. The molecule has 0 bridgehead atoms. The van der Waals surface area contributed by atoms with Gasteiger partial charge in [0.05, 0.1) is 5.54 Å². The van der Waals surface area contributed by atoms with Gasteiger partial charge in [-0.2, -0.15) is 0 Å². The van der Waals surface area contributed by atoms with Crippen molar-refractivity contribution in [1.82, 2.24) is 4.90 Å². The molecule has 1 unspecified atom stereocenters. The zero-order chi connectivity index (χ0) is 28.3. The first-order chi connectivity index (χ1) is 19.2. The van der Waals surface area contributed by atoms with E-state index in [0.717, 1.165) is 22.3 Å². The number of nitrogens with zero attached hydrogens (tertiary/aromatic N) is 2. The van der Waals surface area contributed by atoms with Crippen LogP contribution >= 0.6 is 11.6 Å². The molecule has 1 heterocycles. The summed E-state index contributed by atoms with van der Waals surface area (Å²) in [7, 11) is 0. The SMILES string of the molecule is Cc1ccc(N2C(=O)N(Cc3ccc(OCc4ccccc4)c(OCc4ccccc4)c3)C(C)(C)C2O)cc1Cl. The molecule has 1 aliphatic heterocycles. The lowest BCUT2D eigenvalue weighted by molar-refractivity contribution is 0.0575. The number of urea groups is 1. The van der Waals surface area contributed by atoms with Gasteiger partial charge in [0, 0.05) is 17.3 Å². The predicted molar refractivity (Wildman–Crippen MR) is 158 cm³/mol. The quantitative estimate of drug-likeness (QED) is 0.234. The Bertz CT molecular complexity index is 1480. The first-order valence-electron chi connectivity index (χ1n) is 13.3. The van der Waals surface area contributed by atoms with Crippen molar-refractivity contribution in [1.29, 1.82) is 0 Å². The van der Waals surface area contributed by atoms with Crippen molar-refractivity contribution in [3.63, 3.8) is 0 Å². The molecule has 2 amide bonds. The number of amides is 2. The number of hydrogen-bond acceptors (Lipinski definition) is 4. The highest BCUT2D eigenvalue weighted by Gasteiger charge is 2.51. The average Bonchev–Trinajstić information content (AvgIpc) is 3.13. The molecule has 0 spiro atoms. The Balaban J connectivity index is 1.40. The van der Waals surface area contributed by atoms with Crippen LogP contribution in [0.4, 0.5) is 10.5 Å². The number of carbonyl (C=O) groups excluding carboxylic acids is 1. The lowest BCUT2D eigenvalue weighted by atomic mass is 10.0. The molecule has 1 saturated heterocycles. The van der Waals surface area contributed by atoms with Crippen molar-refractivity contribution in [2.45, 2.75) is 52.3 Å². The van der Waals surface area contributed by atoms with E-state index in [2.05, 4.69) is 0 Å². The molecule has 4 aromatic carbocycles. The van der Waals surface area contributed by atoms with Crippen LogP contribution < -0.4 is 14.4 Å². The molecule has 4 aromatic rings. The molecule has 40 heavy (non-hydrogen) atoms. The van der Waals surface area contributed by atoms with Crippen LogP contribution in [0.15, 0.2) is 97.1 Å². The van der Waals surface area contributed by atoms with Crippen LogP contribution in [0, 0.1) is 6.92 Å². The first kappa shape index (κ1) is 27.6. The molecule has 0 aromatic heterocycles. The molecule has 6 nitrogen and oxygen atoms in total. The number of rotatable bonds is 9. The number of benzene rings is 4. The average molecular weight is 557 g/mol. The number of ether oxygens (including phenoxy) is 2. The van der Waals surface area contributed by atoms with Crippen molar-refractivity contribution in [2.75, 3.05) is 4.90 Å². The second kappa shape index (κ2) is 11.6. The number of aryl methyl sites for hydroxylation is 1. The van der Waals surface area contributed by atoms with Gasteiger partial charge in [-0.15, -0.1) is 0 Å². The van der Waals surface area contributed by atoms with E-state index in [1.165, 1.54) is 4.90 Å². The summed E-state index contributed by atoms with van der Waals surface area (Å²) in [6, 6.07) is 30.7. The smallest absolute Gasteiger partial charge is 0.327 e. The van der Waals surface area contributed by atoms with E-state index >= 15 is 0 Å². The Hall–Kier alpha value is -4.00. The summed E-state index contributed by atoms with van der Waals surface area (Å²) in [5, 5.41) is 11.8. The Kier molecular flexibility index (Phi) is 8.01. The van der Waals surface area contributed by atoms with Crippen molar-refractivity contribution in [2.24, 2.45) is 0 Å². The number of carbonyl (C=O) groups is 1.